The number of nitrogens with zero attached hydrogens (tertiary/aromatic N) is 3. The van der Waals surface area contributed by atoms with E-state index in [4.69, 9.17) is 0 Å². The van der Waals surface area contributed by atoms with Gasteiger partial charge in [0.1, 0.15) is 11.6 Å². The molecule has 2 aromatic rings. The SMILES string of the molecule is Cc1cccc(C(=O)N2CCCC2)c1NC(=O)C(C)N1C(=O)c2cccc([N+](=O)[O-])c2C1=O. The summed E-state index contributed by atoms with van der Waals surface area (Å²) < 4.78 is 0. The van der Waals surface area contributed by atoms with Gasteiger partial charge in [-0.25, -0.2) is 0 Å². The van der Waals surface area contributed by atoms with Crippen LogP contribution in [-0.2, 0) is 4.79 Å². The lowest BCUT2D eigenvalue weighted by molar-refractivity contribution is -0.385. The third-order valence-electron chi connectivity index (χ3n) is 6.03. The summed E-state index contributed by atoms with van der Waals surface area (Å²) >= 11 is 0. The first-order valence-corrected chi connectivity index (χ1v) is 10.6. The highest BCUT2D eigenvalue weighted by molar-refractivity contribution is 6.25. The van der Waals surface area contributed by atoms with Crippen LogP contribution < -0.4 is 5.32 Å². The average molecular weight is 450 g/mol. The van der Waals surface area contributed by atoms with E-state index in [1.165, 1.54) is 19.1 Å². The molecular formula is C23H22N4O6. The van der Waals surface area contributed by atoms with Crippen LogP contribution in [-0.4, -0.2) is 57.5 Å². The standard InChI is InChI=1S/C23H22N4O6/c1-13-7-5-9-16(21(29)25-11-3-4-12-25)19(13)24-20(28)14(2)26-22(30)15-8-6-10-17(27(32)33)18(15)23(26)31/h5-10,14H,3-4,11-12H2,1-2H3,(H,24,28). The summed E-state index contributed by atoms with van der Waals surface area (Å²) in [5.74, 6) is -2.56. The maximum Gasteiger partial charge on any atom is 0.282 e. The average Bonchev–Trinajstić information content (AvgIpc) is 3.41. The second-order valence-corrected chi connectivity index (χ2v) is 8.10. The minimum absolute atomic E-state index is 0.116. The highest BCUT2D eigenvalue weighted by Gasteiger charge is 2.45. The van der Waals surface area contributed by atoms with Gasteiger partial charge in [0.2, 0.25) is 5.91 Å². The van der Waals surface area contributed by atoms with E-state index in [0.717, 1.165) is 18.9 Å². The summed E-state index contributed by atoms with van der Waals surface area (Å²) in [5, 5.41) is 14.0. The third kappa shape index (κ3) is 3.73. The lowest BCUT2D eigenvalue weighted by atomic mass is 10.1. The van der Waals surface area contributed by atoms with Gasteiger partial charge in [-0.15, -0.1) is 0 Å². The molecule has 0 spiro atoms. The predicted molar refractivity (Wildman–Crippen MR) is 118 cm³/mol. The Balaban J connectivity index is 1.61. The molecule has 1 unspecified atom stereocenters. The van der Waals surface area contributed by atoms with Gasteiger partial charge in [-0.05, 0) is 44.4 Å². The molecule has 2 heterocycles. The summed E-state index contributed by atoms with van der Waals surface area (Å²) in [5.41, 5.74) is 0.365. The number of anilines is 1. The number of nitrogens with one attached hydrogen (secondary N) is 1. The number of fused-ring (bicyclic) bond motifs is 1. The monoisotopic (exact) mass is 450 g/mol. The molecule has 2 aliphatic heterocycles. The summed E-state index contributed by atoms with van der Waals surface area (Å²) in [4.78, 5) is 64.8. The van der Waals surface area contributed by atoms with E-state index in [2.05, 4.69) is 5.32 Å². The lowest BCUT2D eigenvalue weighted by Crippen LogP contribution is -2.45. The van der Waals surface area contributed by atoms with Crippen LogP contribution in [0.15, 0.2) is 36.4 Å². The number of rotatable bonds is 5. The molecule has 0 aromatic heterocycles. The second-order valence-electron chi connectivity index (χ2n) is 8.10. The van der Waals surface area contributed by atoms with Crippen molar-refractivity contribution in [1.29, 1.82) is 0 Å². The van der Waals surface area contributed by atoms with Crippen LogP contribution in [0.4, 0.5) is 11.4 Å². The Hall–Kier alpha value is -4.08. The summed E-state index contributed by atoms with van der Waals surface area (Å²) in [6.45, 7) is 4.39. The normalized spacial score (nSPS) is 16.1. The van der Waals surface area contributed by atoms with E-state index in [1.807, 2.05) is 0 Å². The highest BCUT2D eigenvalue weighted by Crippen LogP contribution is 2.32. The molecule has 0 bridgehead atoms. The van der Waals surface area contributed by atoms with Crippen molar-refractivity contribution in [2.24, 2.45) is 0 Å². The molecule has 2 aliphatic rings. The topological polar surface area (TPSA) is 130 Å². The molecule has 0 saturated carbocycles. The quantitative estimate of drug-likeness (QED) is 0.424. The Labute approximate surface area is 189 Å². The van der Waals surface area contributed by atoms with Gasteiger partial charge in [-0.1, -0.05) is 18.2 Å². The van der Waals surface area contributed by atoms with Gasteiger partial charge in [0.05, 0.1) is 21.7 Å². The van der Waals surface area contributed by atoms with Crippen molar-refractivity contribution < 1.29 is 24.1 Å². The van der Waals surface area contributed by atoms with Gasteiger partial charge in [0.25, 0.3) is 23.4 Å². The van der Waals surface area contributed by atoms with Crippen molar-refractivity contribution in [3.05, 3.63) is 68.8 Å². The molecule has 4 rings (SSSR count). The van der Waals surface area contributed by atoms with Crippen LogP contribution in [0, 0.1) is 17.0 Å². The van der Waals surface area contributed by atoms with Crippen molar-refractivity contribution in [2.75, 3.05) is 18.4 Å². The van der Waals surface area contributed by atoms with Crippen LogP contribution in [0.2, 0.25) is 0 Å². The first-order valence-electron chi connectivity index (χ1n) is 10.6. The maximum atomic E-state index is 13.1. The number of nitro groups is 1. The Morgan fingerprint density at radius 2 is 1.73 bits per heavy atom. The molecule has 0 aliphatic carbocycles. The zero-order valence-electron chi connectivity index (χ0n) is 18.2. The number of hydrogen-bond donors (Lipinski definition) is 1. The number of carbonyl (C=O) groups is 4. The molecule has 1 atom stereocenters. The smallest absolute Gasteiger partial charge is 0.282 e. The Kier molecular flexibility index (Phi) is 5.67. The van der Waals surface area contributed by atoms with E-state index in [-0.39, 0.29) is 17.0 Å². The Morgan fingerprint density at radius 1 is 1.06 bits per heavy atom. The Bertz CT molecular complexity index is 1200. The van der Waals surface area contributed by atoms with Gasteiger partial charge in [-0.2, -0.15) is 0 Å². The summed E-state index contributed by atoms with van der Waals surface area (Å²) in [6, 6.07) is 7.61. The number of aryl methyl sites for hydroxylation is 1. The first-order chi connectivity index (χ1) is 15.7. The third-order valence-corrected chi connectivity index (χ3v) is 6.03. The minimum atomic E-state index is -1.26. The maximum absolute atomic E-state index is 13.1. The van der Waals surface area contributed by atoms with Crippen molar-refractivity contribution in [1.82, 2.24) is 9.80 Å². The van der Waals surface area contributed by atoms with Crippen LogP contribution >= 0.6 is 0 Å². The number of hydrogen-bond acceptors (Lipinski definition) is 6. The van der Waals surface area contributed by atoms with Gasteiger partial charge in [-0.3, -0.25) is 34.2 Å². The molecule has 33 heavy (non-hydrogen) atoms. The van der Waals surface area contributed by atoms with Gasteiger partial charge in [0.15, 0.2) is 0 Å². The molecule has 1 fully saturated rings. The van der Waals surface area contributed by atoms with Crippen LogP contribution in [0.25, 0.3) is 0 Å². The second kappa shape index (κ2) is 8.45. The van der Waals surface area contributed by atoms with E-state index >= 15 is 0 Å². The van der Waals surface area contributed by atoms with Gasteiger partial charge in [0, 0.05) is 19.2 Å². The zero-order chi connectivity index (χ0) is 23.9. The number of benzene rings is 2. The number of amides is 4. The first kappa shape index (κ1) is 22.1. The summed E-state index contributed by atoms with van der Waals surface area (Å²) in [6.07, 6.45) is 1.84. The van der Waals surface area contributed by atoms with Crippen molar-refractivity contribution in [3.63, 3.8) is 0 Å². The van der Waals surface area contributed by atoms with Crippen molar-refractivity contribution >= 4 is 35.0 Å². The number of imide groups is 1. The van der Waals surface area contributed by atoms with Crippen molar-refractivity contribution in [2.45, 2.75) is 32.7 Å². The molecule has 1 saturated heterocycles. The van der Waals surface area contributed by atoms with Crippen molar-refractivity contribution in [3.8, 4) is 0 Å². The number of nitro benzene ring substituents is 1. The molecule has 2 aromatic carbocycles. The molecule has 10 heteroatoms. The molecule has 0 radical (unpaired) electrons. The van der Waals surface area contributed by atoms with E-state index in [0.29, 0.717) is 34.8 Å². The number of likely N-dealkylation sites (tertiary alicyclic amines) is 1. The van der Waals surface area contributed by atoms with Crippen LogP contribution in [0.3, 0.4) is 0 Å². The van der Waals surface area contributed by atoms with Gasteiger partial charge < -0.3 is 10.2 Å². The number of carbonyl (C=O) groups excluding carboxylic acids is 4. The zero-order valence-corrected chi connectivity index (χ0v) is 18.2. The largest absolute Gasteiger partial charge is 0.339 e. The molecule has 170 valence electrons. The lowest BCUT2D eigenvalue weighted by Gasteiger charge is -2.24. The van der Waals surface area contributed by atoms with E-state index in [9.17, 15) is 29.3 Å². The fraction of sp³-hybridized carbons (Fsp3) is 0.304. The van der Waals surface area contributed by atoms with Crippen LogP contribution in [0.5, 0.6) is 0 Å². The van der Waals surface area contributed by atoms with E-state index in [1.54, 1.807) is 30.0 Å². The van der Waals surface area contributed by atoms with Crippen LogP contribution in [0.1, 0.15) is 56.4 Å². The fourth-order valence-corrected chi connectivity index (χ4v) is 4.24. The minimum Gasteiger partial charge on any atom is -0.339 e. The summed E-state index contributed by atoms with van der Waals surface area (Å²) in [7, 11) is 0. The van der Waals surface area contributed by atoms with E-state index < -0.39 is 34.4 Å². The fourth-order valence-electron chi connectivity index (χ4n) is 4.24. The molecule has 1 N–H and O–H groups in total. The molecular weight excluding hydrogens is 428 g/mol. The molecule has 10 nitrogen and oxygen atoms in total. The number of para-hydroxylation sites is 1. The molecule has 4 amide bonds. The van der Waals surface area contributed by atoms with Gasteiger partial charge >= 0.3 is 0 Å². The Morgan fingerprint density at radius 3 is 2.39 bits per heavy atom. The highest BCUT2D eigenvalue weighted by atomic mass is 16.6. The predicted octanol–water partition coefficient (Wildman–Crippen LogP) is 2.76.